The summed E-state index contributed by atoms with van der Waals surface area (Å²) in [6.07, 6.45) is 2.52. The number of anilines is 1. The predicted molar refractivity (Wildman–Crippen MR) is 71.6 cm³/mol. The van der Waals surface area contributed by atoms with Crippen molar-refractivity contribution in [2.24, 2.45) is 5.73 Å². The van der Waals surface area contributed by atoms with Gasteiger partial charge in [0.25, 0.3) is 0 Å². The Morgan fingerprint density at radius 2 is 2.24 bits per heavy atom. The number of nitrogens with two attached hydrogens (primary N) is 1. The maximum absolute atomic E-state index is 6.10. The molecule has 17 heavy (non-hydrogen) atoms. The van der Waals surface area contributed by atoms with Gasteiger partial charge in [-0.05, 0) is 38.8 Å². The molecular formula is C14H22N2O. The van der Waals surface area contributed by atoms with Crippen LogP contribution in [0.25, 0.3) is 0 Å². The molecule has 0 saturated carbocycles. The molecule has 3 nitrogen and oxygen atoms in total. The zero-order valence-corrected chi connectivity index (χ0v) is 10.9. The van der Waals surface area contributed by atoms with Gasteiger partial charge in [0, 0.05) is 29.9 Å². The number of methoxy groups -OCH3 is 1. The number of ether oxygens (including phenoxy) is 1. The monoisotopic (exact) mass is 234 g/mol. The molecule has 1 saturated heterocycles. The van der Waals surface area contributed by atoms with E-state index in [1.807, 2.05) is 19.1 Å². The number of nitrogens with zero attached hydrogens (tertiary/aromatic N) is 1. The van der Waals surface area contributed by atoms with Crippen LogP contribution in [0.5, 0.6) is 5.75 Å². The van der Waals surface area contributed by atoms with Crippen molar-refractivity contribution in [1.82, 2.24) is 0 Å². The van der Waals surface area contributed by atoms with E-state index in [-0.39, 0.29) is 6.04 Å². The van der Waals surface area contributed by atoms with Crippen molar-refractivity contribution in [2.75, 3.05) is 18.6 Å². The molecule has 1 aromatic carbocycles. The number of benzene rings is 1. The Balaban J connectivity index is 2.45. The summed E-state index contributed by atoms with van der Waals surface area (Å²) in [7, 11) is 1.71. The van der Waals surface area contributed by atoms with Crippen molar-refractivity contribution in [3.8, 4) is 5.75 Å². The smallest absolute Gasteiger partial charge is 0.125 e. The SMILES string of the molecule is COc1cccc(N2CCCC2C)c1C(C)N. The second-order valence-corrected chi connectivity index (χ2v) is 4.87. The fraction of sp³-hybridized carbons (Fsp3) is 0.571. The van der Waals surface area contributed by atoms with Crippen LogP contribution in [0.2, 0.25) is 0 Å². The van der Waals surface area contributed by atoms with Crippen LogP contribution in [0.3, 0.4) is 0 Å². The van der Waals surface area contributed by atoms with Crippen molar-refractivity contribution in [1.29, 1.82) is 0 Å². The molecule has 1 fully saturated rings. The Morgan fingerprint density at radius 1 is 1.47 bits per heavy atom. The highest BCUT2D eigenvalue weighted by atomic mass is 16.5. The maximum atomic E-state index is 6.10. The lowest BCUT2D eigenvalue weighted by atomic mass is 10.0. The van der Waals surface area contributed by atoms with Crippen molar-refractivity contribution < 1.29 is 4.74 Å². The molecule has 2 unspecified atom stereocenters. The topological polar surface area (TPSA) is 38.5 Å². The molecule has 2 N–H and O–H groups in total. The van der Waals surface area contributed by atoms with Crippen molar-refractivity contribution in [2.45, 2.75) is 38.8 Å². The first kappa shape index (κ1) is 12.2. The zero-order valence-electron chi connectivity index (χ0n) is 10.9. The van der Waals surface area contributed by atoms with Crippen LogP contribution in [0, 0.1) is 0 Å². The van der Waals surface area contributed by atoms with Gasteiger partial charge in [0.1, 0.15) is 5.75 Å². The molecule has 0 aliphatic carbocycles. The number of hydrogen-bond donors (Lipinski definition) is 1. The first-order valence-electron chi connectivity index (χ1n) is 6.34. The first-order chi connectivity index (χ1) is 8.15. The minimum Gasteiger partial charge on any atom is -0.496 e. The van der Waals surface area contributed by atoms with E-state index in [1.165, 1.54) is 18.5 Å². The molecule has 1 aromatic rings. The molecule has 0 aromatic heterocycles. The van der Waals surface area contributed by atoms with E-state index in [4.69, 9.17) is 10.5 Å². The van der Waals surface area contributed by atoms with E-state index in [1.54, 1.807) is 7.11 Å². The number of hydrogen-bond acceptors (Lipinski definition) is 3. The first-order valence-corrected chi connectivity index (χ1v) is 6.34. The highest BCUT2D eigenvalue weighted by Gasteiger charge is 2.25. The largest absolute Gasteiger partial charge is 0.496 e. The highest BCUT2D eigenvalue weighted by Crippen LogP contribution is 2.36. The molecule has 0 spiro atoms. The molecule has 0 radical (unpaired) electrons. The van der Waals surface area contributed by atoms with Gasteiger partial charge in [-0.1, -0.05) is 6.07 Å². The molecule has 2 atom stereocenters. The van der Waals surface area contributed by atoms with Crippen LogP contribution in [-0.4, -0.2) is 19.7 Å². The summed E-state index contributed by atoms with van der Waals surface area (Å²) in [5.41, 5.74) is 8.47. The Labute approximate surface area is 104 Å². The van der Waals surface area contributed by atoms with E-state index < -0.39 is 0 Å². The Bertz CT molecular complexity index is 390. The Kier molecular flexibility index (Phi) is 3.57. The van der Waals surface area contributed by atoms with E-state index in [0.717, 1.165) is 17.9 Å². The third-order valence-electron chi connectivity index (χ3n) is 3.58. The van der Waals surface area contributed by atoms with Crippen LogP contribution in [0.4, 0.5) is 5.69 Å². The van der Waals surface area contributed by atoms with Crippen molar-refractivity contribution in [3.63, 3.8) is 0 Å². The van der Waals surface area contributed by atoms with Crippen LogP contribution in [0.1, 0.15) is 38.3 Å². The minimum absolute atomic E-state index is 0.00560. The van der Waals surface area contributed by atoms with Gasteiger partial charge in [-0.3, -0.25) is 0 Å². The lowest BCUT2D eigenvalue weighted by Gasteiger charge is -2.28. The summed E-state index contributed by atoms with van der Waals surface area (Å²) in [6.45, 7) is 5.41. The molecule has 1 heterocycles. The van der Waals surface area contributed by atoms with Crippen LogP contribution >= 0.6 is 0 Å². The van der Waals surface area contributed by atoms with Crippen LogP contribution < -0.4 is 15.4 Å². The third kappa shape index (κ3) is 2.25. The molecular weight excluding hydrogens is 212 g/mol. The summed E-state index contributed by atoms with van der Waals surface area (Å²) >= 11 is 0. The number of rotatable bonds is 3. The Morgan fingerprint density at radius 3 is 2.76 bits per heavy atom. The predicted octanol–water partition coefficient (Wildman–Crippen LogP) is 2.70. The maximum Gasteiger partial charge on any atom is 0.125 e. The molecule has 0 bridgehead atoms. The molecule has 1 aliphatic heterocycles. The Hall–Kier alpha value is -1.22. The average molecular weight is 234 g/mol. The van der Waals surface area contributed by atoms with Gasteiger partial charge in [0.15, 0.2) is 0 Å². The molecule has 3 heteroatoms. The van der Waals surface area contributed by atoms with Gasteiger partial charge < -0.3 is 15.4 Å². The van der Waals surface area contributed by atoms with Crippen LogP contribution in [-0.2, 0) is 0 Å². The second kappa shape index (κ2) is 4.96. The standard InChI is InChI=1S/C14H22N2O/c1-10-6-5-9-16(10)12-7-4-8-13(17-3)14(12)11(2)15/h4,7-8,10-11H,5-6,9,15H2,1-3H3. The quantitative estimate of drug-likeness (QED) is 0.874. The van der Waals surface area contributed by atoms with Gasteiger partial charge in [0.2, 0.25) is 0 Å². The van der Waals surface area contributed by atoms with E-state index in [2.05, 4.69) is 17.9 Å². The van der Waals surface area contributed by atoms with Crippen LogP contribution in [0.15, 0.2) is 18.2 Å². The molecule has 94 valence electrons. The van der Waals surface area contributed by atoms with Gasteiger partial charge in [-0.25, -0.2) is 0 Å². The van der Waals surface area contributed by atoms with Gasteiger partial charge in [-0.15, -0.1) is 0 Å². The lowest BCUT2D eigenvalue weighted by Crippen LogP contribution is -2.28. The van der Waals surface area contributed by atoms with Crippen molar-refractivity contribution >= 4 is 5.69 Å². The summed E-state index contributed by atoms with van der Waals surface area (Å²) in [6, 6.07) is 6.78. The van der Waals surface area contributed by atoms with E-state index in [0.29, 0.717) is 6.04 Å². The summed E-state index contributed by atoms with van der Waals surface area (Å²) in [4.78, 5) is 2.45. The second-order valence-electron chi connectivity index (χ2n) is 4.87. The fourth-order valence-electron chi connectivity index (χ4n) is 2.71. The normalized spacial score (nSPS) is 21.6. The molecule has 0 amide bonds. The summed E-state index contributed by atoms with van der Waals surface area (Å²) < 4.78 is 5.44. The molecule has 1 aliphatic rings. The van der Waals surface area contributed by atoms with E-state index >= 15 is 0 Å². The lowest BCUT2D eigenvalue weighted by molar-refractivity contribution is 0.407. The zero-order chi connectivity index (χ0) is 12.4. The van der Waals surface area contributed by atoms with Gasteiger partial charge >= 0.3 is 0 Å². The summed E-state index contributed by atoms with van der Waals surface area (Å²) in [5, 5.41) is 0. The van der Waals surface area contributed by atoms with Gasteiger partial charge in [-0.2, -0.15) is 0 Å². The third-order valence-corrected chi connectivity index (χ3v) is 3.58. The average Bonchev–Trinajstić information content (AvgIpc) is 2.74. The minimum atomic E-state index is -0.00560. The van der Waals surface area contributed by atoms with Crippen molar-refractivity contribution in [3.05, 3.63) is 23.8 Å². The van der Waals surface area contributed by atoms with Gasteiger partial charge in [0.05, 0.1) is 7.11 Å². The highest BCUT2D eigenvalue weighted by molar-refractivity contribution is 5.61. The van der Waals surface area contributed by atoms with E-state index in [9.17, 15) is 0 Å². The summed E-state index contributed by atoms with van der Waals surface area (Å²) in [5.74, 6) is 0.900. The molecule has 2 rings (SSSR count). The fourth-order valence-corrected chi connectivity index (χ4v) is 2.71.